The Kier molecular flexibility index (Phi) is 4.89. The third-order valence-corrected chi connectivity index (χ3v) is 2.99. The van der Waals surface area contributed by atoms with Crippen LogP contribution >= 0.6 is 22.6 Å². The first kappa shape index (κ1) is 14.0. The van der Waals surface area contributed by atoms with E-state index in [1.54, 1.807) is 12.1 Å². The van der Waals surface area contributed by atoms with Crippen LogP contribution in [0.25, 0.3) is 0 Å². The van der Waals surface area contributed by atoms with Crippen molar-refractivity contribution in [1.29, 1.82) is 0 Å². The van der Waals surface area contributed by atoms with Crippen molar-refractivity contribution >= 4 is 28.5 Å². The van der Waals surface area contributed by atoms with Crippen LogP contribution in [0.2, 0.25) is 0 Å². The van der Waals surface area contributed by atoms with Crippen molar-refractivity contribution in [1.82, 2.24) is 9.97 Å². The summed E-state index contributed by atoms with van der Waals surface area (Å²) in [6.07, 6.45) is 2.04. The van der Waals surface area contributed by atoms with Crippen LogP contribution in [0, 0.1) is 9.39 Å². The normalized spacial score (nSPS) is 10.3. The summed E-state index contributed by atoms with van der Waals surface area (Å²) in [4.78, 5) is 7.86. The van der Waals surface area contributed by atoms with Crippen molar-refractivity contribution in [3.63, 3.8) is 0 Å². The molecule has 2 rings (SSSR count). The first-order valence-corrected chi connectivity index (χ1v) is 6.96. The van der Waals surface area contributed by atoms with E-state index in [0.717, 1.165) is 22.7 Å². The fourth-order valence-electron chi connectivity index (χ4n) is 1.36. The van der Waals surface area contributed by atoms with Crippen LogP contribution in [0.4, 0.5) is 10.3 Å². The number of nitrogens with zero attached hydrogens (tertiary/aromatic N) is 2. The van der Waals surface area contributed by atoms with Crippen LogP contribution in [-0.4, -0.2) is 16.5 Å². The maximum Gasteiger partial charge on any atom is 0.260 e. The predicted octanol–water partition coefficient (Wildman–Crippen LogP) is 3.83. The lowest BCUT2D eigenvalue weighted by Crippen LogP contribution is -2.05. The van der Waals surface area contributed by atoms with Gasteiger partial charge in [0.05, 0.1) is 6.20 Å². The van der Waals surface area contributed by atoms with Gasteiger partial charge in [-0.1, -0.05) is 6.92 Å². The predicted molar refractivity (Wildman–Crippen MR) is 80.0 cm³/mol. The van der Waals surface area contributed by atoms with Gasteiger partial charge in [-0.25, -0.2) is 4.98 Å². The highest BCUT2D eigenvalue weighted by atomic mass is 127. The molecule has 0 bridgehead atoms. The molecule has 0 aliphatic rings. The van der Waals surface area contributed by atoms with Gasteiger partial charge in [-0.15, -0.1) is 0 Å². The zero-order valence-electron chi connectivity index (χ0n) is 10.4. The highest BCUT2D eigenvalue weighted by Crippen LogP contribution is 2.23. The molecule has 0 aliphatic heterocycles. The highest BCUT2D eigenvalue weighted by Gasteiger charge is 2.09. The van der Waals surface area contributed by atoms with E-state index in [4.69, 9.17) is 4.74 Å². The van der Waals surface area contributed by atoms with E-state index in [9.17, 15) is 4.39 Å². The number of aromatic nitrogens is 2. The second-order valence-corrected chi connectivity index (χ2v) is 5.08. The van der Waals surface area contributed by atoms with Crippen LogP contribution < -0.4 is 10.1 Å². The molecular weight excluding hydrogens is 360 g/mol. The maximum atomic E-state index is 13.6. The Morgan fingerprint density at radius 1 is 1.32 bits per heavy atom. The summed E-state index contributed by atoms with van der Waals surface area (Å²) in [5, 5.41) is 2.99. The molecule has 0 amide bonds. The van der Waals surface area contributed by atoms with Gasteiger partial charge in [0.25, 0.3) is 5.88 Å². The second kappa shape index (κ2) is 6.65. The summed E-state index contributed by atoms with van der Waals surface area (Å²) in [5.74, 6) is 0.249. The smallest absolute Gasteiger partial charge is 0.260 e. The molecule has 0 aliphatic carbocycles. The first-order chi connectivity index (χ1) is 9.19. The molecule has 0 spiro atoms. The molecule has 1 aromatic carbocycles. The Bertz CT molecular complexity index is 548. The zero-order valence-corrected chi connectivity index (χ0v) is 12.5. The van der Waals surface area contributed by atoms with Gasteiger partial charge in [-0.3, -0.25) is 0 Å². The number of ether oxygens (including phenoxy) is 1. The number of anilines is 1. The van der Waals surface area contributed by atoms with Crippen LogP contribution in [0.3, 0.4) is 0 Å². The van der Waals surface area contributed by atoms with Gasteiger partial charge in [0.1, 0.15) is 5.75 Å². The fourth-order valence-corrected chi connectivity index (χ4v) is 1.72. The van der Waals surface area contributed by atoms with Crippen LogP contribution in [0.15, 0.2) is 30.5 Å². The van der Waals surface area contributed by atoms with Crippen molar-refractivity contribution in [2.45, 2.75) is 13.3 Å². The Morgan fingerprint density at radius 2 is 2.05 bits per heavy atom. The molecule has 0 radical (unpaired) electrons. The molecule has 6 heteroatoms. The first-order valence-electron chi connectivity index (χ1n) is 5.89. The van der Waals surface area contributed by atoms with Crippen molar-refractivity contribution in [3.05, 3.63) is 39.8 Å². The van der Waals surface area contributed by atoms with Crippen molar-refractivity contribution in [2.24, 2.45) is 0 Å². The van der Waals surface area contributed by atoms with E-state index in [2.05, 4.69) is 37.9 Å². The van der Waals surface area contributed by atoms with Crippen molar-refractivity contribution < 1.29 is 9.13 Å². The standard InChI is InChI=1S/C13H13FIN3O/c1-2-7-16-13-17-8-11(14)12(18-13)19-10-5-3-9(15)4-6-10/h3-6,8H,2,7H2,1H3,(H,16,17,18). The van der Waals surface area contributed by atoms with Gasteiger partial charge in [0.2, 0.25) is 11.8 Å². The molecule has 0 saturated carbocycles. The third kappa shape index (κ3) is 4.02. The lowest BCUT2D eigenvalue weighted by molar-refractivity contribution is 0.420. The van der Waals surface area contributed by atoms with Crippen LogP contribution in [0.5, 0.6) is 11.6 Å². The van der Waals surface area contributed by atoms with E-state index in [1.807, 2.05) is 19.1 Å². The van der Waals surface area contributed by atoms with E-state index >= 15 is 0 Å². The van der Waals surface area contributed by atoms with Gasteiger partial charge in [0.15, 0.2) is 0 Å². The molecule has 4 nitrogen and oxygen atoms in total. The van der Waals surface area contributed by atoms with Crippen molar-refractivity contribution in [3.8, 4) is 11.6 Å². The Labute approximate surface area is 124 Å². The molecule has 100 valence electrons. The SMILES string of the molecule is CCCNc1ncc(F)c(Oc2ccc(I)cc2)n1. The summed E-state index contributed by atoms with van der Waals surface area (Å²) in [6, 6.07) is 7.29. The molecule has 0 unspecified atom stereocenters. The fraction of sp³-hybridized carbons (Fsp3) is 0.231. The number of halogens is 2. The quantitative estimate of drug-likeness (QED) is 0.810. The molecule has 0 fully saturated rings. The lowest BCUT2D eigenvalue weighted by atomic mass is 10.3. The third-order valence-electron chi connectivity index (χ3n) is 2.27. The van der Waals surface area contributed by atoms with Gasteiger partial charge >= 0.3 is 0 Å². The monoisotopic (exact) mass is 373 g/mol. The summed E-state index contributed by atoms with van der Waals surface area (Å²) < 4.78 is 20.1. The van der Waals surface area contributed by atoms with Crippen molar-refractivity contribution in [2.75, 3.05) is 11.9 Å². The molecule has 19 heavy (non-hydrogen) atoms. The summed E-state index contributed by atoms with van der Waals surface area (Å²) in [6.45, 7) is 2.76. The topological polar surface area (TPSA) is 47.0 Å². The molecule has 1 heterocycles. The van der Waals surface area contributed by atoms with E-state index < -0.39 is 5.82 Å². The molecular formula is C13H13FIN3O. The Balaban J connectivity index is 2.16. The maximum absolute atomic E-state index is 13.6. The molecule has 1 aromatic heterocycles. The number of hydrogen-bond acceptors (Lipinski definition) is 4. The van der Waals surface area contributed by atoms with Gasteiger partial charge in [-0.05, 0) is 53.3 Å². The highest BCUT2D eigenvalue weighted by molar-refractivity contribution is 14.1. The molecule has 0 atom stereocenters. The second-order valence-electron chi connectivity index (χ2n) is 3.83. The minimum atomic E-state index is -0.583. The lowest BCUT2D eigenvalue weighted by Gasteiger charge is -2.08. The number of rotatable bonds is 5. The number of benzene rings is 1. The molecule has 0 saturated heterocycles. The average molecular weight is 373 g/mol. The summed E-state index contributed by atoms with van der Waals surface area (Å²) in [5.41, 5.74) is 0. The Hall–Kier alpha value is -1.44. The average Bonchev–Trinajstić information content (AvgIpc) is 2.42. The summed E-state index contributed by atoms with van der Waals surface area (Å²) >= 11 is 2.19. The Morgan fingerprint density at radius 3 is 2.74 bits per heavy atom. The molecule has 2 aromatic rings. The largest absolute Gasteiger partial charge is 0.436 e. The van der Waals surface area contributed by atoms with Gasteiger partial charge < -0.3 is 10.1 Å². The van der Waals surface area contributed by atoms with E-state index in [1.165, 1.54) is 0 Å². The van der Waals surface area contributed by atoms with E-state index in [-0.39, 0.29) is 5.88 Å². The number of hydrogen-bond donors (Lipinski definition) is 1. The zero-order chi connectivity index (χ0) is 13.7. The van der Waals surface area contributed by atoms with Gasteiger partial charge in [0, 0.05) is 10.1 Å². The summed E-state index contributed by atoms with van der Waals surface area (Å²) in [7, 11) is 0. The van der Waals surface area contributed by atoms with Crippen LogP contribution in [-0.2, 0) is 0 Å². The van der Waals surface area contributed by atoms with Crippen LogP contribution in [0.1, 0.15) is 13.3 Å². The minimum Gasteiger partial charge on any atom is -0.436 e. The van der Waals surface area contributed by atoms with Gasteiger partial charge in [-0.2, -0.15) is 9.37 Å². The van der Waals surface area contributed by atoms with E-state index in [0.29, 0.717) is 11.7 Å². The minimum absolute atomic E-state index is 0.0742. The number of nitrogens with one attached hydrogen (secondary N) is 1. The molecule has 1 N–H and O–H groups in total.